The lowest BCUT2D eigenvalue weighted by Crippen LogP contribution is -2.26. The summed E-state index contributed by atoms with van der Waals surface area (Å²) < 4.78 is 36.4. The quantitative estimate of drug-likeness (QED) is 0.439. The Hall–Kier alpha value is -3.46. The number of ether oxygens (including phenoxy) is 1. The number of carbonyl (C=O) groups excluding carboxylic acids is 1. The van der Waals surface area contributed by atoms with Crippen LogP contribution in [0.1, 0.15) is 28.5 Å². The fourth-order valence-electron chi connectivity index (χ4n) is 2.69. The van der Waals surface area contributed by atoms with Crippen LogP contribution in [0.15, 0.2) is 64.3 Å². The predicted octanol–water partition coefficient (Wildman–Crippen LogP) is 2.79. The van der Waals surface area contributed by atoms with Gasteiger partial charge in [0.15, 0.2) is 5.75 Å². The summed E-state index contributed by atoms with van der Waals surface area (Å²) in [6.45, 7) is 5.22. The summed E-state index contributed by atoms with van der Waals surface area (Å²) in [6.07, 6.45) is 0. The van der Waals surface area contributed by atoms with E-state index in [2.05, 4.69) is 5.10 Å². The summed E-state index contributed by atoms with van der Waals surface area (Å²) in [4.78, 5) is 25.0. The number of rotatable bonds is 6. The topological polar surface area (TPSA) is 105 Å². The van der Waals surface area contributed by atoms with E-state index in [0.29, 0.717) is 5.69 Å². The third kappa shape index (κ3) is 4.41. The minimum absolute atomic E-state index is 0.0359. The molecule has 0 aliphatic rings. The first kappa shape index (κ1) is 21.3. The van der Waals surface area contributed by atoms with Crippen molar-refractivity contribution in [2.24, 2.45) is 0 Å². The number of nitrogens with zero attached hydrogens (tertiary/aromatic N) is 2. The van der Waals surface area contributed by atoms with Crippen LogP contribution in [0, 0.1) is 13.8 Å². The van der Waals surface area contributed by atoms with E-state index in [-0.39, 0.29) is 11.5 Å². The number of hydrogen-bond acceptors (Lipinski definition) is 7. The summed E-state index contributed by atoms with van der Waals surface area (Å²) in [6, 6.07) is 13.8. The Bertz CT molecular complexity index is 1250. The van der Waals surface area contributed by atoms with Gasteiger partial charge in [-0.1, -0.05) is 35.9 Å². The first-order chi connectivity index (χ1) is 14.2. The van der Waals surface area contributed by atoms with Crippen molar-refractivity contribution < 1.29 is 22.1 Å². The molecule has 0 N–H and O–H groups in total. The van der Waals surface area contributed by atoms with Gasteiger partial charge in [0.2, 0.25) is 5.69 Å². The third-order valence-corrected chi connectivity index (χ3v) is 5.47. The monoisotopic (exact) mass is 428 g/mol. The van der Waals surface area contributed by atoms with Crippen LogP contribution in [0.3, 0.4) is 0 Å². The summed E-state index contributed by atoms with van der Waals surface area (Å²) in [7, 11) is -4.30. The van der Waals surface area contributed by atoms with Crippen LogP contribution in [0.5, 0.6) is 5.75 Å². The van der Waals surface area contributed by atoms with Crippen molar-refractivity contribution >= 4 is 16.1 Å². The summed E-state index contributed by atoms with van der Waals surface area (Å²) in [5, 5.41) is 4.05. The Balaban J connectivity index is 2.13. The first-order valence-electron chi connectivity index (χ1n) is 9.11. The third-order valence-electron chi connectivity index (χ3n) is 4.22. The van der Waals surface area contributed by atoms with Crippen molar-refractivity contribution in [2.45, 2.75) is 25.7 Å². The maximum atomic E-state index is 12.7. The van der Waals surface area contributed by atoms with Gasteiger partial charge in [-0.2, -0.15) is 18.2 Å². The number of esters is 1. The highest BCUT2D eigenvalue weighted by Crippen LogP contribution is 2.22. The smallest absolute Gasteiger partial charge is 0.362 e. The van der Waals surface area contributed by atoms with Crippen molar-refractivity contribution in [3.05, 3.63) is 81.8 Å². The zero-order valence-corrected chi connectivity index (χ0v) is 17.5. The molecule has 0 saturated carbocycles. The highest BCUT2D eigenvalue weighted by molar-refractivity contribution is 7.87. The molecule has 8 nitrogen and oxygen atoms in total. The largest absolute Gasteiger partial charge is 0.461 e. The second kappa shape index (κ2) is 8.50. The predicted molar refractivity (Wildman–Crippen MR) is 110 cm³/mol. The van der Waals surface area contributed by atoms with Crippen LogP contribution < -0.4 is 9.74 Å². The highest BCUT2D eigenvalue weighted by Gasteiger charge is 2.25. The lowest BCUT2D eigenvalue weighted by molar-refractivity contribution is 0.0515. The SMILES string of the molecule is CCOC(=O)c1nn(-c2ccccc2C)c(=O)cc1OS(=O)(=O)c1ccc(C)cc1. The highest BCUT2D eigenvalue weighted by atomic mass is 32.2. The lowest BCUT2D eigenvalue weighted by atomic mass is 10.2. The Morgan fingerprint density at radius 3 is 2.37 bits per heavy atom. The van der Waals surface area contributed by atoms with Gasteiger partial charge in [-0.3, -0.25) is 4.79 Å². The maximum Gasteiger partial charge on any atom is 0.362 e. The molecule has 0 radical (unpaired) electrons. The molecule has 0 aliphatic carbocycles. The minimum atomic E-state index is -4.30. The van der Waals surface area contributed by atoms with Crippen LogP contribution in [-0.2, 0) is 14.9 Å². The normalized spacial score (nSPS) is 11.2. The molecule has 0 amide bonds. The molecule has 1 aromatic heterocycles. The molecular weight excluding hydrogens is 408 g/mol. The second-order valence-corrected chi connectivity index (χ2v) is 8.01. The molecule has 0 unspecified atom stereocenters. The average molecular weight is 428 g/mol. The molecule has 156 valence electrons. The molecule has 0 aliphatic heterocycles. The molecule has 0 fully saturated rings. The molecule has 3 aromatic rings. The van der Waals surface area contributed by atoms with Gasteiger partial charge in [-0.25, -0.2) is 4.79 Å². The van der Waals surface area contributed by atoms with E-state index < -0.39 is 33.1 Å². The standard InChI is InChI=1S/C21H20N2O6S/c1-4-28-21(25)20-18(29-30(26,27)16-11-9-14(2)10-12-16)13-19(24)23(22-20)17-8-6-5-7-15(17)3/h5-13H,4H2,1-3H3. The molecule has 0 bridgehead atoms. The molecule has 1 heterocycles. The number of hydrogen-bond donors (Lipinski definition) is 0. The number of aromatic nitrogens is 2. The minimum Gasteiger partial charge on any atom is -0.461 e. The number of carbonyl (C=O) groups is 1. The Morgan fingerprint density at radius 1 is 1.07 bits per heavy atom. The van der Waals surface area contributed by atoms with Gasteiger partial charge in [0.05, 0.1) is 18.4 Å². The Labute approximate surface area is 173 Å². The fourth-order valence-corrected chi connectivity index (χ4v) is 3.62. The van der Waals surface area contributed by atoms with Crippen LogP contribution in [0.4, 0.5) is 0 Å². The van der Waals surface area contributed by atoms with E-state index in [0.717, 1.165) is 21.9 Å². The van der Waals surface area contributed by atoms with Crippen molar-refractivity contribution in [3.63, 3.8) is 0 Å². The maximum absolute atomic E-state index is 12.7. The zero-order valence-electron chi connectivity index (χ0n) is 16.7. The Morgan fingerprint density at radius 2 is 1.73 bits per heavy atom. The van der Waals surface area contributed by atoms with Crippen LogP contribution in [-0.4, -0.2) is 30.8 Å². The first-order valence-corrected chi connectivity index (χ1v) is 10.5. The van der Waals surface area contributed by atoms with Gasteiger partial charge >= 0.3 is 16.1 Å². The van der Waals surface area contributed by atoms with Crippen LogP contribution in [0.2, 0.25) is 0 Å². The summed E-state index contributed by atoms with van der Waals surface area (Å²) in [5.74, 6) is -1.40. The molecule has 0 atom stereocenters. The molecular formula is C21H20N2O6S. The van der Waals surface area contributed by atoms with Gasteiger partial charge in [-0.15, -0.1) is 0 Å². The van der Waals surface area contributed by atoms with E-state index >= 15 is 0 Å². The molecule has 30 heavy (non-hydrogen) atoms. The lowest BCUT2D eigenvalue weighted by Gasteiger charge is -2.13. The average Bonchev–Trinajstić information content (AvgIpc) is 2.69. The molecule has 0 saturated heterocycles. The number of para-hydroxylation sites is 1. The zero-order chi connectivity index (χ0) is 21.9. The number of aryl methyl sites for hydroxylation is 2. The van der Waals surface area contributed by atoms with E-state index in [1.54, 1.807) is 50.2 Å². The van der Waals surface area contributed by atoms with Crippen molar-refractivity contribution in [1.29, 1.82) is 0 Å². The van der Waals surface area contributed by atoms with E-state index in [4.69, 9.17) is 8.92 Å². The van der Waals surface area contributed by atoms with Gasteiger partial charge in [0.25, 0.3) is 5.56 Å². The van der Waals surface area contributed by atoms with Gasteiger partial charge < -0.3 is 8.92 Å². The summed E-state index contributed by atoms with van der Waals surface area (Å²) >= 11 is 0. The molecule has 3 rings (SSSR count). The summed E-state index contributed by atoms with van der Waals surface area (Å²) in [5.41, 5.74) is 0.967. The van der Waals surface area contributed by atoms with Gasteiger partial charge in [-0.05, 0) is 44.5 Å². The molecule has 9 heteroatoms. The second-order valence-electron chi connectivity index (χ2n) is 6.46. The fraction of sp³-hybridized carbons (Fsp3) is 0.190. The van der Waals surface area contributed by atoms with Gasteiger partial charge in [0.1, 0.15) is 4.90 Å². The molecule has 0 spiro atoms. The number of benzene rings is 2. The molecule has 2 aromatic carbocycles. The Kier molecular flexibility index (Phi) is 6.02. The van der Waals surface area contributed by atoms with Crippen molar-refractivity contribution in [2.75, 3.05) is 6.61 Å². The van der Waals surface area contributed by atoms with Crippen molar-refractivity contribution in [1.82, 2.24) is 9.78 Å². The van der Waals surface area contributed by atoms with Crippen molar-refractivity contribution in [3.8, 4) is 11.4 Å². The van der Waals surface area contributed by atoms with Crippen LogP contribution >= 0.6 is 0 Å². The van der Waals surface area contributed by atoms with E-state index in [9.17, 15) is 18.0 Å². The van der Waals surface area contributed by atoms with Crippen LogP contribution in [0.25, 0.3) is 5.69 Å². The van der Waals surface area contributed by atoms with E-state index in [1.165, 1.54) is 12.1 Å². The van der Waals surface area contributed by atoms with E-state index in [1.807, 2.05) is 6.92 Å². The van der Waals surface area contributed by atoms with Gasteiger partial charge in [0, 0.05) is 0 Å².